The normalized spacial score (nSPS) is 13.1. The van der Waals surface area contributed by atoms with Crippen molar-refractivity contribution in [1.29, 1.82) is 0 Å². The van der Waals surface area contributed by atoms with Gasteiger partial charge in [0.05, 0.1) is 16.4 Å². The Kier molecular flexibility index (Phi) is 6.52. The first-order chi connectivity index (χ1) is 27.8. The smallest absolute Gasteiger partial charge is 0.164 e. The molecule has 2 heterocycles. The molecule has 0 unspecified atom stereocenters. The molecule has 4 nitrogen and oxygen atoms in total. The summed E-state index contributed by atoms with van der Waals surface area (Å²) < 4.78 is 2.41. The minimum absolute atomic E-state index is 0.435. The van der Waals surface area contributed by atoms with Crippen molar-refractivity contribution >= 4 is 21.8 Å². The quantitative estimate of drug-likeness (QED) is 0.182. The maximum Gasteiger partial charge on any atom is 0.164 e. The third-order valence-electron chi connectivity index (χ3n) is 11.9. The van der Waals surface area contributed by atoms with E-state index in [1.54, 1.807) is 0 Å². The van der Waals surface area contributed by atoms with E-state index in [1.165, 1.54) is 55.4 Å². The van der Waals surface area contributed by atoms with Gasteiger partial charge in [-0.05, 0) is 87.0 Å². The van der Waals surface area contributed by atoms with Gasteiger partial charge in [0.15, 0.2) is 17.5 Å². The van der Waals surface area contributed by atoms with Gasteiger partial charge in [-0.2, -0.15) is 0 Å². The molecular formula is C52H32N4. The predicted octanol–water partition coefficient (Wildman–Crippen LogP) is 12.3. The van der Waals surface area contributed by atoms with Crippen molar-refractivity contribution in [3.05, 3.63) is 216 Å². The first kappa shape index (κ1) is 31.0. The Bertz CT molecular complexity index is 3080. The average Bonchev–Trinajstić information content (AvgIpc) is 3.87. The SMILES string of the molecule is c1ccc(-c2nc(-c3ccccc3)nc(-c3ccc4c(c3)c3cc5c(cc3n4-c3ccccc3)-c3ccccc3C53c4ccccc4-c4ccccc43)n2)cc1. The molecule has 0 aliphatic heterocycles. The molecule has 0 saturated heterocycles. The molecule has 56 heavy (non-hydrogen) atoms. The second kappa shape index (κ2) is 11.8. The van der Waals surface area contributed by atoms with E-state index in [1.807, 2.05) is 36.4 Å². The van der Waals surface area contributed by atoms with E-state index in [9.17, 15) is 0 Å². The van der Waals surface area contributed by atoms with Gasteiger partial charge >= 0.3 is 0 Å². The lowest BCUT2D eigenvalue weighted by atomic mass is 9.70. The number of nitrogens with zero attached hydrogens (tertiary/aromatic N) is 4. The summed E-state index contributed by atoms with van der Waals surface area (Å²) in [6.07, 6.45) is 0. The molecule has 2 aliphatic carbocycles. The van der Waals surface area contributed by atoms with Crippen LogP contribution in [0.2, 0.25) is 0 Å². The van der Waals surface area contributed by atoms with E-state index >= 15 is 0 Å². The van der Waals surface area contributed by atoms with Crippen molar-refractivity contribution < 1.29 is 0 Å². The maximum absolute atomic E-state index is 5.12. The van der Waals surface area contributed by atoms with Crippen LogP contribution in [0.25, 0.3) is 83.9 Å². The summed E-state index contributed by atoms with van der Waals surface area (Å²) >= 11 is 0. The molecule has 4 heteroatoms. The van der Waals surface area contributed by atoms with Crippen LogP contribution < -0.4 is 0 Å². The number of hydrogen-bond donors (Lipinski definition) is 0. The Hall–Kier alpha value is -7.43. The Balaban J connectivity index is 1.17. The predicted molar refractivity (Wildman–Crippen MR) is 227 cm³/mol. The Labute approximate surface area is 324 Å². The van der Waals surface area contributed by atoms with E-state index in [4.69, 9.17) is 15.0 Å². The molecule has 0 radical (unpaired) electrons. The second-order valence-electron chi connectivity index (χ2n) is 14.7. The van der Waals surface area contributed by atoms with Gasteiger partial charge in [-0.15, -0.1) is 0 Å². The van der Waals surface area contributed by atoms with Crippen LogP contribution in [0.4, 0.5) is 0 Å². The van der Waals surface area contributed by atoms with Gasteiger partial charge in [0.25, 0.3) is 0 Å². The number of rotatable bonds is 4. The van der Waals surface area contributed by atoms with Gasteiger partial charge in [-0.1, -0.05) is 152 Å². The Morgan fingerprint density at radius 3 is 1.32 bits per heavy atom. The van der Waals surface area contributed by atoms with E-state index in [0.717, 1.165) is 33.3 Å². The number of benzene rings is 8. The van der Waals surface area contributed by atoms with Crippen LogP contribution in [0, 0.1) is 0 Å². The molecule has 0 saturated carbocycles. The van der Waals surface area contributed by atoms with Gasteiger partial charge in [0.2, 0.25) is 0 Å². The Morgan fingerprint density at radius 2 is 0.768 bits per heavy atom. The fourth-order valence-electron chi connectivity index (χ4n) is 9.54. The van der Waals surface area contributed by atoms with Crippen LogP contribution >= 0.6 is 0 Å². The van der Waals surface area contributed by atoms with Gasteiger partial charge in [0.1, 0.15) is 0 Å². The number of aromatic nitrogens is 4. The van der Waals surface area contributed by atoms with Crippen LogP contribution in [0.3, 0.4) is 0 Å². The van der Waals surface area contributed by atoms with Gasteiger partial charge in [-0.25, -0.2) is 15.0 Å². The van der Waals surface area contributed by atoms with Gasteiger partial charge < -0.3 is 4.57 Å². The maximum atomic E-state index is 5.12. The summed E-state index contributed by atoms with van der Waals surface area (Å²) in [7, 11) is 0. The molecule has 10 aromatic rings. The van der Waals surface area contributed by atoms with Crippen molar-refractivity contribution in [3.63, 3.8) is 0 Å². The van der Waals surface area contributed by atoms with Crippen LogP contribution in [-0.2, 0) is 5.41 Å². The highest BCUT2D eigenvalue weighted by Gasteiger charge is 2.51. The van der Waals surface area contributed by atoms with Crippen molar-refractivity contribution in [2.24, 2.45) is 0 Å². The number of fused-ring (bicyclic) bond motifs is 13. The topological polar surface area (TPSA) is 43.6 Å². The first-order valence-corrected chi connectivity index (χ1v) is 19.1. The molecule has 0 fully saturated rings. The zero-order chi connectivity index (χ0) is 36.8. The fraction of sp³-hybridized carbons (Fsp3) is 0.0192. The fourth-order valence-corrected chi connectivity index (χ4v) is 9.54. The van der Waals surface area contributed by atoms with Crippen molar-refractivity contribution in [1.82, 2.24) is 19.5 Å². The zero-order valence-electron chi connectivity index (χ0n) is 30.3. The summed E-state index contributed by atoms with van der Waals surface area (Å²) in [5.74, 6) is 1.94. The lowest BCUT2D eigenvalue weighted by Crippen LogP contribution is -2.25. The first-order valence-electron chi connectivity index (χ1n) is 19.1. The molecule has 0 atom stereocenters. The summed E-state index contributed by atoms with van der Waals surface area (Å²) in [5.41, 5.74) is 16.3. The monoisotopic (exact) mass is 712 g/mol. The minimum Gasteiger partial charge on any atom is -0.309 e. The average molecular weight is 713 g/mol. The number of hydrogen-bond acceptors (Lipinski definition) is 3. The zero-order valence-corrected chi connectivity index (χ0v) is 30.3. The molecule has 0 amide bonds. The highest BCUT2D eigenvalue weighted by atomic mass is 15.0. The summed E-state index contributed by atoms with van der Waals surface area (Å²) in [5, 5.41) is 2.34. The molecule has 2 aliphatic rings. The van der Waals surface area contributed by atoms with Crippen molar-refractivity contribution in [3.8, 4) is 62.1 Å². The molecule has 8 aromatic carbocycles. The van der Waals surface area contributed by atoms with Crippen LogP contribution in [0.1, 0.15) is 22.3 Å². The molecular weight excluding hydrogens is 681 g/mol. The lowest BCUT2D eigenvalue weighted by molar-refractivity contribution is 0.795. The largest absolute Gasteiger partial charge is 0.309 e. The highest BCUT2D eigenvalue weighted by Crippen LogP contribution is 2.63. The van der Waals surface area contributed by atoms with Crippen molar-refractivity contribution in [2.45, 2.75) is 5.41 Å². The van der Waals surface area contributed by atoms with E-state index in [-0.39, 0.29) is 0 Å². The van der Waals surface area contributed by atoms with Gasteiger partial charge in [0, 0.05) is 33.2 Å². The number of para-hydroxylation sites is 1. The highest BCUT2D eigenvalue weighted by molar-refractivity contribution is 6.13. The molecule has 0 N–H and O–H groups in total. The molecule has 12 rings (SSSR count). The second-order valence-corrected chi connectivity index (χ2v) is 14.7. The Morgan fingerprint density at radius 1 is 0.321 bits per heavy atom. The third kappa shape index (κ3) is 4.27. The van der Waals surface area contributed by atoms with E-state index < -0.39 is 5.41 Å². The summed E-state index contributed by atoms with van der Waals surface area (Å²) in [6, 6.07) is 69.7. The molecule has 0 bridgehead atoms. The van der Waals surface area contributed by atoms with Gasteiger partial charge in [-0.3, -0.25) is 0 Å². The third-order valence-corrected chi connectivity index (χ3v) is 11.9. The summed E-state index contributed by atoms with van der Waals surface area (Å²) in [6.45, 7) is 0. The molecule has 260 valence electrons. The van der Waals surface area contributed by atoms with E-state index in [0.29, 0.717) is 17.5 Å². The van der Waals surface area contributed by atoms with E-state index in [2.05, 4.69) is 162 Å². The molecule has 2 aromatic heterocycles. The summed E-state index contributed by atoms with van der Waals surface area (Å²) in [4.78, 5) is 15.2. The van der Waals surface area contributed by atoms with Crippen LogP contribution in [-0.4, -0.2) is 19.5 Å². The minimum atomic E-state index is -0.435. The van der Waals surface area contributed by atoms with Crippen LogP contribution in [0.5, 0.6) is 0 Å². The van der Waals surface area contributed by atoms with Crippen LogP contribution in [0.15, 0.2) is 194 Å². The standard InChI is InChI=1S/C52H32N4/c1-4-16-33(17-5-1)49-53-50(34-18-6-2-7-19-34)55-51(54-49)35-28-29-47-41(30-35)42-31-46-40(32-48(42)56(47)36-20-8-3-9-21-36)39-24-12-15-27-45(39)52(46)43-25-13-10-22-37(43)38-23-11-14-26-44(38)52/h1-32H. The lowest BCUT2D eigenvalue weighted by Gasteiger charge is -2.30. The molecule has 1 spiro atoms. The van der Waals surface area contributed by atoms with Crippen molar-refractivity contribution in [2.75, 3.05) is 0 Å².